The van der Waals surface area contributed by atoms with E-state index in [4.69, 9.17) is 0 Å². The van der Waals surface area contributed by atoms with Crippen molar-refractivity contribution in [1.82, 2.24) is 9.03 Å². The Labute approximate surface area is 109 Å². The van der Waals surface area contributed by atoms with Gasteiger partial charge in [-0.2, -0.15) is 12.7 Å². The van der Waals surface area contributed by atoms with Crippen LogP contribution < -0.4 is 4.72 Å². The molecule has 0 amide bonds. The summed E-state index contributed by atoms with van der Waals surface area (Å²) in [5, 5.41) is 0. The van der Waals surface area contributed by atoms with Gasteiger partial charge in [-0.1, -0.05) is 29.8 Å². The summed E-state index contributed by atoms with van der Waals surface area (Å²) < 4.78 is 27.2. The summed E-state index contributed by atoms with van der Waals surface area (Å²) in [5.41, 5.74) is 2.58. The molecule has 1 saturated heterocycles. The molecule has 100 valence electrons. The van der Waals surface area contributed by atoms with Crippen molar-refractivity contribution in [3.8, 4) is 0 Å². The highest BCUT2D eigenvalue weighted by Gasteiger charge is 2.27. The fourth-order valence-electron chi connectivity index (χ4n) is 2.40. The van der Waals surface area contributed by atoms with Gasteiger partial charge in [0.15, 0.2) is 0 Å². The van der Waals surface area contributed by atoms with E-state index < -0.39 is 10.2 Å². The standard InChI is InChI=1S/C13H20N2O2S/c1-11-3-5-12(6-4-11)13-7-9-15(10-8-13)18(16,17)14-2/h3-6,13-14H,7-10H2,1-2H3. The fourth-order valence-corrected chi connectivity index (χ4v) is 3.35. The van der Waals surface area contributed by atoms with E-state index in [0.717, 1.165) is 12.8 Å². The first-order chi connectivity index (χ1) is 8.53. The molecular formula is C13H20N2O2S. The molecule has 1 aromatic carbocycles. The monoisotopic (exact) mass is 268 g/mol. The van der Waals surface area contributed by atoms with Crippen molar-refractivity contribution in [2.24, 2.45) is 0 Å². The van der Waals surface area contributed by atoms with Crippen LogP contribution in [0.3, 0.4) is 0 Å². The zero-order valence-electron chi connectivity index (χ0n) is 10.9. The van der Waals surface area contributed by atoms with Crippen molar-refractivity contribution in [3.63, 3.8) is 0 Å². The molecule has 1 heterocycles. The first-order valence-corrected chi connectivity index (χ1v) is 7.72. The van der Waals surface area contributed by atoms with Crippen LogP contribution in [0.25, 0.3) is 0 Å². The van der Waals surface area contributed by atoms with Crippen molar-refractivity contribution in [2.75, 3.05) is 20.1 Å². The highest BCUT2D eigenvalue weighted by atomic mass is 32.2. The number of hydrogen-bond acceptors (Lipinski definition) is 2. The highest BCUT2D eigenvalue weighted by Crippen LogP contribution is 2.28. The Kier molecular flexibility index (Phi) is 4.04. The Morgan fingerprint density at radius 3 is 2.22 bits per heavy atom. The van der Waals surface area contributed by atoms with Crippen LogP contribution in [0.1, 0.15) is 29.9 Å². The Morgan fingerprint density at radius 2 is 1.72 bits per heavy atom. The van der Waals surface area contributed by atoms with Crippen molar-refractivity contribution < 1.29 is 8.42 Å². The molecule has 0 aliphatic carbocycles. The number of rotatable bonds is 3. The third-order valence-corrected chi connectivity index (χ3v) is 5.16. The molecule has 0 radical (unpaired) electrons. The van der Waals surface area contributed by atoms with Gasteiger partial charge in [0.05, 0.1) is 0 Å². The molecule has 1 aromatic rings. The number of hydrogen-bond donors (Lipinski definition) is 1. The van der Waals surface area contributed by atoms with Crippen LogP contribution in [0.2, 0.25) is 0 Å². The molecule has 1 fully saturated rings. The SMILES string of the molecule is CNS(=O)(=O)N1CCC(c2ccc(C)cc2)CC1. The van der Waals surface area contributed by atoms with Crippen LogP contribution in [0.4, 0.5) is 0 Å². The number of nitrogens with one attached hydrogen (secondary N) is 1. The smallest absolute Gasteiger partial charge is 0.205 e. The second kappa shape index (κ2) is 5.38. The molecule has 0 saturated carbocycles. The Bertz CT molecular complexity index is 488. The van der Waals surface area contributed by atoms with Gasteiger partial charge < -0.3 is 0 Å². The molecule has 1 N–H and O–H groups in total. The third-order valence-electron chi connectivity index (χ3n) is 3.60. The van der Waals surface area contributed by atoms with Crippen LogP contribution in [0.15, 0.2) is 24.3 Å². The minimum atomic E-state index is -3.25. The summed E-state index contributed by atoms with van der Waals surface area (Å²) >= 11 is 0. The lowest BCUT2D eigenvalue weighted by molar-refractivity contribution is 0.317. The van der Waals surface area contributed by atoms with Crippen molar-refractivity contribution in [3.05, 3.63) is 35.4 Å². The molecule has 5 heteroatoms. The summed E-state index contributed by atoms with van der Waals surface area (Å²) in [6, 6.07) is 8.54. The summed E-state index contributed by atoms with van der Waals surface area (Å²) in [7, 11) is -1.79. The fraction of sp³-hybridized carbons (Fsp3) is 0.538. The molecule has 18 heavy (non-hydrogen) atoms. The van der Waals surface area contributed by atoms with E-state index in [2.05, 4.69) is 35.9 Å². The quantitative estimate of drug-likeness (QED) is 0.906. The van der Waals surface area contributed by atoms with E-state index in [1.54, 1.807) is 0 Å². The second-order valence-corrected chi connectivity index (χ2v) is 6.67. The molecule has 0 aromatic heterocycles. The van der Waals surface area contributed by atoms with Crippen LogP contribution in [-0.4, -0.2) is 32.9 Å². The maximum atomic E-state index is 11.7. The number of nitrogens with zero attached hydrogens (tertiary/aromatic N) is 1. The Hall–Kier alpha value is -0.910. The molecule has 0 bridgehead atoms. The van der Waals surface area contributed by atoms with Gasteiger partial charge in [0.25, 0.3) is 10.2 Å². The van der Waals surface area contributed by atoms with E-state index in [1.807, 2.05) is 0 Å². The van der Waals surface area contributed by atoms with Crippen LogP contribution in [0.5, 0.6) is 0 Å². The molecule has 0 atom stereocenters. The van der Waals surface area contributed by atoms with Gasteiger partial charge in [0, 0.05) is 20.1 Å². The van der Waals surface area contributed by atoms with Gasteiger partial charge in [-0.05, 0) is 31.2 Å². The predicted octanol–water partition coefficient (Wildman–Crippen LogP) is 1.64. The largest absolute Gasteiger partial charge is 0.279 e. The van der Waals surface area contributed by atoms with Crippen molar-refractivity contribution in [2.45, 2.75) is 25.7 Å². The molecule has 2 rings (SSSR count). The average molecular weight is 268 g/mol. The summed E-state index contributed by atoms with van der Waals surface area (Å²) in [6.07, 6.45) is 1.79. The normalized spacial score (nSPS) is 19.0. The lowest BCUT2D eigenvalue weighted by atomic mass is 9.90. The molecule has 1 aliphatic rings. The van der Waals surface area contributed by atoms with Gasteiger partial charge in [0.2, 0.25) is 0 Å². The molecule has 0 unspecified atom stereocenters. The maximum Gasteiger partial charge on any atom is 0.279 e. The Morgan fingerprint density at radius 1 is 1.17 bits per heavy atom. The zero-order chi connectivity index (χ0) is 13.2. The Balaban J connectivity index is 2.01. The van der Waals surface area contributed by atoms with E-state index >= 15 is 0 Å². The first-order valence-electron chi connectivity index (χ1n) is 6.28. The summed E-state index contributed by atoms with van der Waals surface area (Å²) in [5.74, 6) is 0.480. The number of benzene rings is 1. The van der Waals surface area contributed by atoms with Gasteiger partial charge in [-0.3, -0.25) is 0 Å². The van der Waals surface area contributed by atoms with Gasteiger partial charge in [-0.15, -0.1) is 0 Å². The number of piperidine rings is 1. The van der Waals surface area contributed by atoms with Crippen LogP contribution in [-0.2, 0) is 10.2 Å². The topological polar surface area (TPSA) is 49.4 Å². The zero-order valence-corrected chi connectivity index (χ0v) is 11.7. The van der Waals surface area contributed by atoms with Gasteiger partial charge in [0.1, 0.15) is 0 Å². The van der Waals surface area contributed by atoms with Crippen LogP contribution in [0, 0.1) is 6.92 Å². The first kappa shape index (κ1) is 13.5. The minimum absolute atomic E-state index is 0.480. The lowest BCUT2D eigenvalue weighted by Crippen LogP contribution is -2.43. The van der Waals surface area contributed by atoms with Crippen molar-refractivity contribution >= 4 is 10.2 Å². The number of aryl methyl sites for hydroxylation is 1. The minimum Gasteiger partial charge on any atom is -0.205 e. The van der Waals surface area contributed by atoms with Crippen LogP contribution >= 0.6 is 0 Å². The van der Waals surface area contributed by atoms with Crippen molar-refractivity contribution in [1.29, 1.82) is 0 Å². The van der Waals surface area contributed by atoms with E-state index in [0.29, 0.717) is 19.0 Å². The van der Waals surface area contributed by atoms with E-state index in [9.17, 15) is 8.42 Å². The van der Waals surface area contributed by atoms with E-state index in [-0.39, 0.29) is 0 Å². The third kappa shape index (κ3) is 2.91. The average Bonchev–Trinajstić information content (AvgIpc) is 2.40. The lowest BCUT2D eigenvalue weighted by Gasteiger charge is -2.31. The maximum absolute atomic E-state index is 11.7. The highest BCUT2D eigenvalue weighted by molar-refractivity contribution is 7.87. The van der Waals surface area contributed by atoms with E-state index in [1.165, 1.54) is 22.5 Å². The molecule has 0 spiro atoms. The summed E-state index contributed by atoms with van der Waals surface area (Å²) in [6.45, 7) is 3.27. The van der Waals surface area contributed by atoms with Gasteiger partial charge in [-0.25, -0.2) is 4.72 Å². The predicted molar refractivity (Wildman–Crippen MR) is 72.7 cm³/mol. The molecular weight excluding hydrogens is 248 g/mol. The summed E-state index contributed by atoms with van der Waals surface area (Å²) in [4.78, 5) is 0. The molecule has 4 nitrogen and oxygen atoms in total. The second-order valence-electron chi connectivity index (χ2n) is 4.79. The molecule has 1 aliphatic heterocycles. The van der Waals surface area contributed by atoms with Gasteiger partial charge >= 0.3 is 0 Å².